The van der Waals surface area contributed by atoms with Gasteiger partial charge in [-0.3, -0.25) is 5.10 Å². The highest BCUT2D eigenvalue weighted by Crippen LogP contribution is 2.28. The first-order valence-electron chi connectivity index (χ1n) is 5.45. The molecule has 2 aromatic carbocycles. The molecule has 0 aliphatic carbocycles. The zero-order chi connectivity index (χ0) is 11.8. The van der Waals surface area contributed by atoms with Crippen molar-refractivity contribution in [2.45, 2.75) is 6.92 Å². The maximum Gasteiger partial charge on any atom is 0.0999 e. The Labute approximate surface area is 108 Å². The van der Waals surface area contributed by atoms with Crippen LogP contribution in [-0.2, 0) is 0 Å². The fourth-order valence-corrected chi connectivity index (χ4v) is 2.28. The molecule has 1 N–H and O–H groups in total. The molecule has 1 aromatic heterocycles. The summed E-state index contributed by atoms with van der Waals surface area (Å²) in [6, 6.07) is 14.6. The van der Waals surface area contributed by atoms with Crippen molar-refractivity contribution in [3.05, 3.63) is 52.5 Å². The lowest BCUT2D eigenvalue weighted by molar-refractivity contribution is 1.12. The molecule has 2 nitrogen and oxygen atoms in total. The number of rotatable bonds is 1. The van der Waals surface area contributed by atoms with Gasteiger partial charge in [0.15, 0.2) is 0 Å². The van der Waals surface area contributed by atoms with Crippen molar-refractivity contribution in [2.75, 3.05) is 0 Å². The van der Waals surface area contributed by atoms with Crippen LogP contribution in [-0.4, -0.2) is 10.2 Å². The van der Waals surface area contributed by atoms with E-state index in [1.807, 2.05) is 12.1 Å². The van der Waals surface area contributed by atoms with E-state index in [1.165, 1.54) is 5.56 Å². The number of hydrogen-bond acceptors (Lipinski definition) is 1. The molecular weight excluding hydrogens is 276 g/mol. The first-order valence-corrected chi connectivity index (χ1v) is 6.24. The van der Waals surface area contributed by atoms with Crippen molar-refractivity contribution in [2.24, 2.45) is 0 Å². The molecule has 0 saturated heterocycles. The highest BCUT2D eigenvalue weighted by atomic mass is 79.9. The molecule has 0 radical (unpaired) electrons. The minimum atomic E-state index is 1.01. The first-order chi connectivity index (χ1) is 8.24. The van der Waals surface area contributed by atoms with Gasteiger partial charge in [-0.2, -0.15) is 5.10 Å². The minimum Gasteiger partial charge on any atom is -0.277 e. The molecule has 0 amide bonds. The molecule has 0 aliphatic rings. The van der Waals surface area contributed by atoms with Crippen LogP contribution in [0.4, 0.5) is 0 Å². The van der Waals surface area contributed by atoms with Crippen LogP contribution in [0.1, 0.15) is 5.56 Å². The second kappa shape index (κ2) is 4.00. The maximum atomic E-state index is 4.39. The van der Waals surface area contributed by atoms with Gasteiger partial charge in [-0.05, 0) is 25.1 Å². The van der Waals surface area contributed by atoms with Crippen LogP contribution in [0, 0.1) is 6.92 Å². The normalized spacial score (nSPS) is 10.9. The summed E-state index contributed by atoms with van der Waals surface area (Å²) >= 11 is 3.46. The SMILES string of the molecule is Cc1ccc(-c2n[nH]c3cc(Br)ccc23)cc1. The summed E-state index contributed by atoms with van der Waals surface area (Å²) in [7, 11) is 0. The van der Waals surface area contributed by atoms with Crippen molar-refractivity contribution in [3.8, 4) is 11.3 Å². The predicted molar refractivity (Wildman–Crippen MR) is 74.0 cm³/mol. The number of hydrogen-bond donors (Lipinski definition) is 1. The third kappa shape index (κ3) is 1.87. The second-order valence-electron chi connectivity index (χ2n) is 4.13. The molecule has 0 spiro atoms. The Morgan fingerprint density at radius 3 is 2.59 bits per heavy atom. The number of aromatic nitrogens is 2. The van der Waals surface area contributed by atoms with E-state index in [0.29, 0.717) is 0 Å². The van der Waals surface area contributed by atoms with Crippen molar-refractivity contribution < 1.29 is 0 Å². The number of halogens is 1. The molecule has 17 heavy (non-hydrogen) atoms. The van der Waals surface area contributed by atoms with E-state index in [1.54, 1.807) is 0 Å². The largest absolute Gasteiger partial charge is 0.277 e. The van der Waals surface area contributed by atoms with E-state index in [2.05, 4.69) is 63.4 Å². The van der Waals surface area contributed by atoms with E-state index in [0.717, 1.165) is 26.6 Å². The quantitative estimate of drug-likeness (QED) is 0.710. The van der Waals surface area contributed by atoms with Gasteiger partial charge in [-0.1, -0.05) is 45.8 Å². The molecule has 0 fully saturated rings. The first kappa shape index (κ1) is 10.5. The van der Waals surface area contributed by atoms with Crippen molar-refractivity contribution in [1.29, 1.82) is 0 Å². The Hall–Kier alpha value is -1.61. The van der Waals surface area contributed by atoms with Gasteiger partial charge >= 0.3 is 0 Å². The summed E-state index contributed by atoms with van der Waals surface area (Å²) in [6.45, 7) is 2.09. The molecule has 1 heterocycles. The molecule has 0 saturated carbocycles. The fourth-order valence-electron chi connectivity index (χ4n) is 1.92. The zero-order valence-electron chi connectivity index (χ0n) is 9.37. The van der Waals surface area contributed by atoms with E-state index in [9.17, 15) is 0 Å². The number of nitrogens with zero attached hydrogens (tertiary/aromatic N) is 1. The number of nitrogens with one attached hydrogen (secondary N) is 1. The number of aryl methyl sites for hydroxylation is 1. The highest BCUT2D eigenvalue weighted by Gasteiger charge is 2.07. The summed E-state index contributed by atoms with van der Waals surface area (Å²) < 4.78 is 1.06. The van der Waals surface area contributed by atoms with Crippen LogP contribution < -0.4 is 0 Å². The van der Waals surface area contributed by atoms with Crippen LogP contribution >= 0.6 is 15.9 Å². The van der Waals surface area contributed by atoms with Crippen LogP contribution in [0.3, 0.4) is 0 Å². The van der Waals surface area contributed by atoms with Crippen LogP contribution in [0.15, 0.2) is 46.9 Å². The summed E-state index contributed by atoms with van der Waals surface area (Å²) in [6.07, 6.45) is 0. The maximum absolute atomic E-state index is 4.39. The molecule has 0 bridgehead atoms. The van der Waals surface area contributed by atoms with Crippen molar-refractivity contribution in [1.82, 2.24) is 10.2 Å². The van der Waals surface area contributed by atoms with Crippen molar-refractivity contribution in [3.63, 3.8) is 0 Å². The number of benzene rings is 2. The monoisotopic (exact) mass is 286 g/mol. The Bertz CT molecular complexity index is 668. The number of aromatic amines is 1. The molecule has 0 atom stereocenters. The lowest BCUT2D eigenvalue weighted by Crippen LogP contribution is -1.79. The van der Waals surface area contributed by atoms with Gasteiger partial charge in [0.05, 0.1) is 11.2 Å². The molecule has 0 aliphatic heterocycles. The smallest absolute Gasteiger partial charge is 0.0999 e. The summed E-state index contributed by atoms with van der Waals surface area (Å²) in [5.41, 5.74) is 4.46. The number of fused-ring (bicyclic) bond motifs is 1. The second-order valence-corrected chi connectivity index (χ2v) is 5.04. The van der Waals surface area contributed by atoms with E-state index in [-0.39, 0.29) is 0 Å². The minimum absolute atomic E-state index is 1.01. The zero-order valence-corrected chi connectivity index (χ0v) is 11.0. The highest BCUT2D eigenvalue weighted by molar-refractivity contribution is 9.10. The topological polar surface area (TPSA) is 28.7 Å². The lowest BCUT2D eigenvalue weighted by Gasteiger charge is -1.99. The van der Waals surface area contributed by atoms with Gasteiger partial charge in [0.25, 0.3) is 0 Å². The van der Waals surface area contributed by atoms with Gasteiger partial charge in [0, 0.05) is 15.4 Å². The summed E-state index contributed by atoms with van der Waals surface area (Å²) in [5, 5.41) is 8.60. The van der Waals surface area contributed by atoms with E-state index < -0.39 is 0 Å². The van der Waals surface area contributed by atoms with Gasteiger partial charge in [-0.25, -0.2) is 0 Å². The van der Waals surface area contributed by atoms with Crippen LogP contribution in [0.5, 0.6) is 0 Å². The van der Waals surface area contributed by atoms with Gasteiger partial charge in [0.1, 0.15) is 0 Å². The van der Waals surface area contributed by atoms with Crippen LogP contribution in [0.2, 0.25) is 0 Å². The standard InChI is InChI=1S/C14H11BrN2/c1-9-2-4-10(5-3-9)14-12-7-6-11(15)8-13(12)16-17-14/h2-8H,1H3,(H,16,17). The van der Waals surface area contributed by atoms with Crippen LogP contribution in [0.25, 0.3) is 22.2 Å². The molecule has 3 aromatic rings. The summed E-state index contributed by atoms with van der Waals surface area (Å²) in [4.78, 5) is 0. The van der Waals surface area contributed by atoms with Gasteiger partial charge < -0.3 is 0 Å². The third-order valence-electron chi connectivity index (χ3n) is 2.85. The van der Waals surface area contributed by atoms with E-state index >= 15 is 0 Å². The number of H-pyrrole nitrogens is 1. The predicted octanol–water partition coefficient (Wildman–Crippen LogP) is 4.30. The average molecular weight is 287 g/mol. The summed E-state index contributed by atoms with van der Waals surface area (Å²) in [5.74, 6) is 0. The molecule has 0 unspecified atom stereocenters. The molecular formula is C14H11BrN2. The average Bonchev–Trinajstić information content (AvgIpc) is 2.73. The third-order valence-corrected chi connectivity index (χ3v) is 3.34. The Morgan fingerprint density at radius 1 is 1.06 bits per heavy atom. The Kier molecular flexibility index (Phi) is 2.48. The Morgan fingerprint density at radius 2 is 1.82 bits per heavy atom. The van der Waals surface area contributed by atoms with E-state index in [4.69, 9.17) is 0 Å². The lowest BCUT2D eigenvalue weighted by atomic mass is 10.1. The molecule has 84 valence electrons. The molecule has 3 heteroatoms. The van der Waals surface area contributed by atoms with Gasteiger partial charge in [-0.15, -0.1) is 0 Å². The molecule has 3 rings (SSSR count). The fraction of sp³-hybridized carbons (Fsp3) is 0.0714. The van der Waals surface area contributed by atoms with Crippen molar-refractivity contribution >= 4 is 26.8 Å². The van der Waals surface area contributed by atoms with Gasteiger partial charge in [0.2, 0.25) is 0 Å². The Balaban J connectivity index is 2.21.